The van der Waals surface area contributed by atoms with Crippen molar-refractivity contribution in [2.24, 2.45) is 7.05 Å². The lowest BCUT2D eigenvalue weighted by Gasteiger charge is -2.13. The summed E-state index contributed by atoms with van der Waals surface area (Å²) in [6, 6.07) is 21.0. The molecule has 0 aliphatic rings. The van der Waals surface area contributed by atoms with Crippen molar-refractivity contribution in [1.29, 1.82) is 5.26 Å². The molecular formula is C18H16N2. The van der Waals surface area contributed by atoms with Gasteiger partial charge >= 0.3 is 0 Å². The smallest absolute Gasteiger partial charge is 0.0631 e. The standard InChI is InChI=1S/C18H16N2/c1-20-13-17(16-9-5-6-10-18(16)20)15(11-12-19)14-7-3-2-4-8-14/h2-10,13,15H,11H2,1H3. The number of aromatic nitrogens is 1. The van der Waals surface area contributed by atoms with E-state index in [4.69, 9.17) is 0 Å². The van der Waals surface area contributed by atoms with Crippen molar-refractivity contribution in [2.75, 3.05) is 0 Å². The number of benzene rings is 2. The topological polar surface area (TPSA) is 28.7 Å². The van der Waals surface area contributed by atoms with E-state index in [1.165, 1.54) is 22.0 Å². The molecular weight excluding hydrogens is 244 g/mol. The molecule has 98 valence electrons. The minimum atomic E-state index is 0.132. The Bertz CT molecular complexity index is 763. The number of hydrogen-bond donors (Lipinski definition) is 0. The molecule has 3 rings (SSSR count). The molecule has 0 spiro atoms. The molecule has 0 radical (unpaired) electrons. The first-order valence-electron chi connectivity index (χ1n) is 6.77. The Hall–Kier alpha value is -2.53. The van der Waals surface area contributed by atoms with Crippen LogP contribution in [0.3, 0.4) is 0 Å². The Labute approximate surface area is 118 Å². The number of para-hydroxylation sites is 1. The highest BCUT2D eigenvalue weighted by atomic mass is 14.9. The highest BCUT2D eigenvalue weighted by Crippen LogP contribution is 2.33. The third kappa shape index (κ3) is 2.08. The minimum Gasteiger partial charge on any atom is -0.350 e. The Morgan fingerprint density at radius 3 is 2.50 bits per heavy atom. The van der Waals surface area contributed by atoms with Gasteiger partial charge in [-0.3, -0.25) is 0 Å². The summed E-state index contributed by atoms with van der Waals surface area (Å²) in [4.78, 5) is 0. The van der Waals surface area contributed by atoms with Crippen LogP contribution in [0.25, 0.3) is 10.9 Å². The first-order chi connectivity index (χ1) is 9.81. The van der Waals surface area contributed by atoms with E-state index in [0.29, 0.717) is 6.42 Å². The molecule has 2 nitrogen and oxygen atoms in total. The SMILES string of the molecule is Cn1cc(C(CC#N)c2ccccc2)c2ccccc21. The van der Waals surface area contributed by atoms with E-state index >= 15 is 0 Å². The summed E-state index contributed by atoms with van der Waals surface area (Å²) in [6.45, 7) is 0. The zero-order chi connectivity index (χ0) is 13.9. The third-order valence-corrected chi connectivity index (χ3v) is 3.80. The van der Waals surface area contributed by atoms with Crippen LogP contribution in [0.15, 0.2) is 60.8 Å². The van der Waals surface area contributed by atoms with E-state index in [1.807, 2.05) is 24.3 Å². The minimum absolute atomic E-state index is 0.132. The van der Waals surface area contributed by atoms with Crippen molar-refractivity contribution in [3.8, 4) is 6.07 Å². The highest BCUT2D eigenvalue weighted by Gasteiger charge is 2.18. The number of aryl methyl sites for hydroxylation is 1. The van der Waals surface area contributed by atoms with Gasteiger partial charge in [0.25, 0.3) is 0 Å². The lowest BCUT2D eigenvalue weighted by atomic mass is 9.89. The molecule has 0 aliphatic carbocycles. The second-order valence-electron chi connectivity index (χ2n) is 5.04. The average molecular weight is 260 g/mol. The van der Waals surface area contributed by atoms with E-state index in [9.17, 15) is 5.26 Å². The molecule has 0 N–H and O–H groups in total. The normalized spacial score (nSPS) is 12.2. The van der Waals surface area contributed by atoms with Crippen LogP contribution in [-0.2, 0) is 7.05 Å². The summed E-state index contributed by atoms with van der Waals surface area (Å²) in [5, 5.41) is 10.4. The molecule has 20 heavy (non-hydrogen) atoms. The third-order valence-electron chi connectivity index (χ3n) is 3.80. The fraction of sp³-hybridized carbons (Fsp3) is 0.167. The molecule has 0 amide bonds. The summed E-state index contributed by atoms with van der Waals surface area (Å²) < 4.78 is 2.14. The van der Waals surface area contributed by atoms with E-state index < -0.39 is 0 Å². The maximum atomic E-state index is 9.18. The van der Waals surface area contributed by atoms with Gasteiger partial charge in [-0.15, -0.1) is 0 Å². The van der Waals surface area contributed by atoms with Crippen molar-refractivity contribution in [1.82, 2.24) is 4.57 Å². The number of hydrogen-bond acceptors (Lipinski definition) is 1. The van der Waals surface area contributed by atoms with E-state index in [2.05, 4.69) is 54.2 Å². The lowest BCUT2D eigenvalue weighted by molar-refractivity contribution is 0.833. The fourth-order valence-corrected chi connectivity index (χ4v) is 2.83. The molecule has 0 fully saturated rings. The number of fused-ring (bicyclic) bond motifs is 1. The van der Waals surface area contributed by atoms with Crippen LogP contribution in [-0.4, -0.2) is 4.57 Å². The molecule has 1 unspecified atom stereocenters. The Kier molecular flexibility index (Phi) is 3.26. The second-order valence-corrected chi connectivity index (χ2v) is 5.04. The van der Waals surface area contributed by atoms with Gasteiger partial charge in [0.05, 0.1) is 6.07 Å². The van der Waals surface area contributed by atoms with Crippen LogP contribution in [0.4, 0.5) is 0 Å². The van der Waals surface area contributed by atoms with Crippen LogP contribution in [0.2, 0.25) is 0 Å². The molecule has 0 bridgehead atoms. The van der Waals surface area contributed by atoms with Crippen LogP contribution < -0.4 is 0 Å². The number of nitriles is 1. The monoisotopic (exact) mass is 260 g/mol. The molecule has 2 heteroatoms. The van der Waals surface area contributed by atoms with Gasteiger partial charge < -0.3 is 4.57 Å². The van der Waals surface area contributed by atoms with Crippen LogP contribution in [0, 0.1) is 11.3 Å². The Morgan fingerprint density at radius 1 is 1.05 bits per heavy atom. The lowest BCUT2D eigenvalue weighted by Crippen LogP contribution is -1.99. The zero-order valence-corrected chi connectivity index (χ0v) is 11.5. The zero-order valence-electron chi connectivity index (χ0n) is 11.5. The molecule has 0 saturated heterocycles. The van der Waals surface area contributed by atoms with Gasteiger partial charge in [0.2, 0.25) is 0 Å². The predicted molar refractivity (Wildman–Crippen MR) is 81.4 cm³/mol. The van der Waals surface area contributed by atoms with Gasteiger partial charge in [0.1, 0.15) is 0 Å². The maximum absolute atomic E-state index is 9.18. The largest absolute Gasteiger partial charge is 0.350 e. The van der Waals surface area contributed by atoms with Crippen molar-refractivity contribution in [3.05, 3.63) is 71.9 Å². The quantitative estimate of drug-likeness (QED) is 0.693. The molecule has 0 saturated carbocycles. The van der Waals surface area contributed by atoms with Gasteiger partial charge in [0, 0.05) is 36.5 Å². The molecule has 1 heterocycles. The Balaban J connectivity index is 2.18. The summed E-state index contributed by atoms with van der Waals surface area (Å²) in [5.74, 6) is 0.132. The number of rotatable bonds is 3. The maximum Gasteiger partial charge on any atom is 0.0631 e. The van der Waals surface area contributed by atoms with Gasteiger partial charge in [-0.2, -0.15) is 5.26 Å². The van der Waals surface area contributed by atoms with E-state index in [0.717, 1.165) is 0 Å². The average Bonchev–Trinajstić information content (AvgIpc) is 2.83. The van der Waals surface area contributed by atoms with Crippen molar-refractivity contribution >= 4 is 10.9 Å². The van der Waals surface area contributed by atoms with Gasteiger partial charge in [-0.25, -0.2) is 0 Å². The van der Waals surface area contributed by atoms with Crippen molar-refractivity contribution in [2.45, 2.75) is 12.3 Å². The predicted octanol–water partition coefficient (Wildman–Crippen LogP) is 4.22. The summed E-state index contributed by atoms with van der Waals surface area (Å²) in [5.41, 5.74) is 3.64. The molecule has 0 aliphatic heterocycles. The van der Waals surface area contributed by atoms with E-state index in [1.54, 1.807) is 0 Å². The van der Waals surface area contributed by atoms with Crippen LogP contribution in [0.5, 0.6) is 0 Å². The Morgan fingerprint density at radius 2 is 1.75 bits per heavy atom. The van der Waals surface area contributed by atoms with Gasteiger partial charge in [0.15, 0.2) is 0 Å². The molecule has 3 aromatic rings. The summed E-state index contributed by atoms with van der Waals surface area (Å²) in [7, 11) is 2.06. The van der Waals surface area contributed by atoms with Crippen molar-refractivity contribution in [3.63, 3.8) is 0 Å². The summed E-state index contributed by atoms with van der Waals surface area (Å²) in [6.07, 6.45) is 2.65. The van der Waals surface area contributed by atoms with Crippen LogP contribution >= 0.6 is 0 Å². The first-order valence-corrected chi connectivity index (χ1v) is 6.77. The molecule has 1 atom stereocenters. The first kappa shape index (κ1) is 12.5. The van der Waals surface area contributed by atoms with Gasteiger partial charge in [-0.1, -0.05) is 48.5 Å². The second kappa shape index (κ2) is 5.22. The summed E-state index contributed by atoms with van der Waals surface area (Å²) >= 11 is 0. The molecule has 2 aromatic carbocycles. The van der Waals surface area contributed by atoms with E-state index in [-0.39, 0.29) is 5.92 Å². The molecule has 1 aromatic heterocycles. The van der Waals surface area contributed by atoms with Crippen LogP contribution in [0.1, 0.15) is 23.5 Å². The van der Waals surface area contributed by atoms with Gasteiger partial charge in [-0.05, 0) is 17.2 Å². The number of nitrogens with zero attached hydrogens (tertiary/aromatic N) is 2. The van der Waals surface area contributed by atoms with Crippen molar-refractivity contribution < 1.29 is 0 Å². The highest BCUT2D eigenvalue weighted by molar-refractivity contribution is 5.85. The fourth-order valence-electron chi connectivity index (χ4n) is 2.83.